The first-order chi connectivity index (χ1) is 11.9. The van der Waals surface area contributed by atoms with Gasteiger partial charge in [0.15, 0.2) is 0 Å². The Bertz CT molecular complexity index is 963. The highest BCUT2D eigenvalue weighted by molar-refractivity contribution is 7.88. The first kappa shape index (κ1) is 17.4. The van der Waals surface area contributed by atoms with Crippen LogP contribution in [0.1, 0.15) is 22.8 Å². The summed E-state index contributed by atoms with van der Waals surface area (Å²) < 4.78 is 32.8. The summed E-state index contributed by atoms with van der Waals surface area (Å²) in [5, 5.41) is 0. The molecule has 0 aliphatic rings. The average Bonchev–Trinajstić information content (AvgIpc) is 2.97. The molecular weight excluding hydrogens is 336 g/mol. The number of oxazole rings is 1. The Labute approximate surface area is 147 Å². The number of aryl methyl sites for hydroxylation is 2. The Morgan fingerprint density at radius 3 is 2.40 bits per heavy atom. The van der Waals surface area contributed by atoms with Gasteiger partial charge in [-0.3, -0.25) is 0 Å². The fourth-order valence-electron chi connectivity index (χ4n) is 2.59. The zero-order valence-electron chi connectivity index (χ0n) is 14.2. The minimum atomic E-state index is -3.47. The van der Waals surface area contributed by atoms with Crippen LogP contribution in [-0.2, 0) is 22.3 Å². The van der Waals surface area contributed by atoms with Gasteiger partial charge in [-0.2, -0.15) is 0 Å². The third-order valence-electron chi connectivity index (χ3n) is 3.94. The Morgan fingerprint density at radius 1 is 1.00 bits per heavy atom. The van der Waals surface area contributed by atoms with Gasteiger partial charge < -0.3 is 4.42 Å². The van der Waals surface area contributed by atoms with Crippen molar-refractivity contribution in [2.45, 2.75) is 26.1 Å². The minimum Gasteiger partial charge on any atom is -0.444 e. The molecule has 3 rings (SSSR count). The molecule has 5 nitrogen and oxygen atoms in total. The van der Waals surface area contributed by atoms with Crippen molar-refractivity contribution in [2.75, 3.05) is 0 Å². The van der Waals surface area contributed by atoms with E-state index >= 15 is 0 Å². The fourth-order valence-corrected chi connectivity index (χ4v) is 3.77. The van der Waals surface area contributed by atoms with Crippen LogP contribution in [0.25, 0.3) is 11.3 Å². The van der Waals surface area contributed by atoms with Gasteiger partial charge in [0.05, 0.1) is 12.3 Å². The van der Waals surface area contributed by atoms with E-state index in [0.29, 0.717) is 11.7 Å². The van der Waals surface area contributed by atoms with E-state index in [4.69, 9.17) is 4.42 Å². The van der Waals surface area contributed by atoms with E-state index in [9.17, 15) is 8.42 Å². The number of nitrogens with one attached hydrogen (secondary N) is 1. The lowest BCUT2D eigenvalue weighted by atomic mass is 10.1. The molecule has 0 unspecified atom stereocenters. The van der Waals surface area contributed by atoms with Crippen LogP contribution in [0.15, 0.2) is 59.0 Å². The van der Waals surface area contributed by atoms with E-state index < -0.39 is 10.0 Å². The quantitative estimate of drug-likeness (QED) is 0.733. The van der Waals surface area contributed by atoms with Gasteiger partial charge in [0, 0.05) is 5.56 Å². The second kappa shape index (κ2) is 7.21. The predicted octanol–water partition coefficient (Wildman–Crippen LogP) is 3.58. The molecule has 0 saturated heterocycles. The summed E-state index contributed by atoms with van der Waals surface area (Å²) in [6.07, 6.45) is 0. The lowest BCUT2D eigenvalue weighted by molar-refractivity contribution is 0.463. The lowest BCUT2D eigenvalue weighted by Crippen LogP contribution is -2.25. The van der Waals surface area contributed by atoms with Crippen LogP contribution < -0.4 is 4.72 Å². The Morgan fingerprint density at radius 2 is 1.68 bits per heavy atom. The summed E-state index contributed by atoms with van der Waals surface area (Å²) in [7, 11) is -3.47. The Balaban J connectivity index is 1.70. The molecule has 25 heavy (non-hydrogen) atoms. The van der Waals surface area contributed by atoms with E-state index in [1.165, 1.54) is 0 Å². The summed E-state index contributed by atoms with van der Waals surface area (Å²) in [4.78, 5) is 4.41. The molecule has 2 aromatic carbocycles. The van der Waals surface area contributed by atoms with Gasteiger partial charge >= 0.3 is 0 Å². The van der Waals surface area contributed by atoms with E-state index in [1.807, 2.05) is 68.4 Å². The molecule has 130 valence electrons. The minimum absolute atomic E-state index is 0.0297. The van der Waals surface area contributed by atoms with Crippen molar-refractivity contribution in [1.82, 2.24) is 9.71 Å². The van der Waals surface area contributed by atoms with Crippen LogP contribution in [0.5, 0.6) is 0 Å². The third kappa shape index (κ3) is 4.35. The number of sulfonamides is 1. The third-order valence-corrected chi connectivity index (χ3v) is 5.21. The zero-order chi connectivity index (χ0) is 17.9. The van der Waals surface area contributed by atoms with Gasteiger partial charge in [0.1, 0.15) is 11.5 Å². The van der Waals surface area contributed by atoms with Crippen molar-refractivity contribution < 1.29 is 12.8 Å². The monoisotopic (exact) mass is 356 g/mol. The highest BCUT2D eigenvalue weighted by Gasteiger charge is 2.16. The maximum absolute atomic E-state index is 12.3. The molecule has 3 aromatic rings. The molecule has 1 N–H and O–H groups in total. The summed E-state index contributed by atoms with van der Waals surface area (Å²) in [5.41, 5.74) is 3.40. The maximum atomic E-state index is 12.3. The van der Waals surface area contributed by atoms with Crippen LogP contribution in [0.3, 0.4) is 0 Å². The van der Waals surface area contributed by atoms with E-state index in [1.54, 1.807) is 0 Å². The SMILES string of the molecule is Cc1ccccc1CS(=O)(=O)NCc1nc(-c2ccccc2)c(C)o1. The van der Waals surface area contributed by atoms with Gasteiger partial charge in [0.2, 0.25) is 15.9 Å². The summed E-state index contributed by atoms with van der Waals surface area (Å²) in [5.74, 6) is 0.953. The molecule has 0 radical (unpaired) electrons. The molecule has 6 heteroatoms. The van der Waals surface area contributed by atoms with Crippen LogP contribution in [0, 0.1) is 13.8 Å². The van der Waals surface area contributed by atoms with Crippen molar-refractivity contribution >= 4 is 10.0 Å². The molecule has 1 aromatic heterocycles. The van der Waals surface area contributed by atoms with Gasteiger partial charge in [0.25, 0.3) is 0 Å². The topological polar surface area (TPSA) is 72.2 Å². The van der Waals surface area contributed by atoms with Crippen LogP contribution in [0.2, 0.25) is 0 Å². The standard InChI is InChI=1S/C19H20N2O3S/c1-14-8-6-7-11-17(14)13-25(22,23)20-12-18-21-19(15(2)24-18)16-9-4-3-5-10-16/h3-11,20H,12-13H2,1-2H3. The summed E-state index contributed by atoms with van der Waals surface area (Å²) in [6, 6.07) is 17.1. The van der Waals surface area contributed by atoms with Crippen molar-refractivity contribution in [2.24, 2.45) is 0 Å². The summed E-state index contributed by atoms with van der Waals surface area (Å²) >= 11 is 0. The number of hydrogen-bond donors (Lipinski definition) is 1. The lowest BCUT2D eigenvalue weighted by Gasteiger charge is -2.07. The van der Waals surface area contributed by atoms with Gasteiger partial charge in [-0.15, -0.1) is 0 Å². The molecule has 0 saturated carbocycles. The predicted molar refractivity (Wildman–Crippen MR) is 97.3 cm³/mol. The second-order valence-electron chi connectivity index (χ2n) is 5.89. The average molecular weight is 356 g/mol. The van der Waals surface area contributed by atoms with Gasteiger partial charge in [-0.1, -0.05) is 54.6 Å². The van der Waals surface area contributed by atoms with Crippen molar-refractivity contribution in [1.29, 1.82) is 0 Å². The van der Waals surface area contributed by atoms with Gasteiger partial charge in [-0.25, -0.2) is 18.1 Å². The Hall–Kier alpha value is -2.44. The molecular formula is C19H20N2O3S. The molecule has 0 aliphatic heterocycles. The highest BCUT2D eigenvalue weighted by atomic mass is 32.2. The van der Waals surface area contributed by atoms with Crippen LogP contribution in [-0.4, -0.2) is 13.4 Å². The molecule has 0 fully saturated rings. The fraction of sp³-hybridized carbons (Fsp3) is 0.211. The maximum Gasteiger partial charge on any atom is 0.216 e. The Kier molecular flexibility index (Phi) is 5.01. The first-order valence-corrected chi connectivity index (χ1v) is 9.63. The van der Waals surface area contributed by atoms with E-state index in [0.717, 1.165) is 22.4 Å². The molecule has 0 aliphatic carbocycles. The van der Waals surface area contributed by atoms with Crippen LogP contribution >= 0.6 is 0 Å². The summed E-state index contributed by atoms with van der Waals surface area (Å²) in [6.45, 7) is 3.75. The number of rotatable bonds is 6. The van der Waals surface area contributed by atoms with E-state index in [2.05, 4.69) is 9.71 Å². The number of aromatic nitrogens is 1. The molecule has 1 heterocycles. The second-order valence-corrected chi connectivity index (χ2v) is 7.69. The van der Waals surface area contributed by atoms with E-state index in [-0.39, 0.29) is 12.3 Å². The highest BCUT2D eigenvalue weighted by Crippen LogP contribution is 2.23. The van der Waals surface area contributed by atoms with Crippen molar-refractivity contribution in [3.8, 4) is 11.3 Å². The van der Waals surface area contributed by atoms with Crippen molar-refractivity contribution in [3.05, 3.63) is 77.4 Å². The molecule has 0 bridgehead atoms. The largest absolute Gasteiger partial charge is 0.444 e. The smallest absolute Gasteiger partial charge is 0.216 e. The number of nitrogens with zero attached hydrogens (tertiary/aromatic N) is 1. The zero-order valence-corrected chi connectivity index (χ0v) is 15.0. The number of hydrogen-bond acceptors (Lipinski definition) is 4. The molecule has 0 amide bonds. The number of benzene rings is 2. The first-order valence-electron chi connectivity index (χ1n) is 7.98. The van der Waals surface area contributed by atoms with Crippen LogP contribution in [0.4, 0.5) is 0 Å². The van der Waals surface area contributed by atoms with Gasteiger partial charge in [-0.05, 0) is 25.0 Å². The normalized spacial score (nSPS) is 11.6. The van der Waals surface area contributed by atoms with Crippen molar-refractivity contribution in [3.63, 3.8) is 0 Å². The molecule has 0 spiro atoms. The molecule has 0 atom stereocenters.